The van der Waals surface area contributed by atoms with Crippen molar-refractivity contribution in [1.82, 2.24) is 4.98 Å². The molecule has 1 atom stereocenters. The molecule has 0 spiro atoms. The molecule has 3 aromatic rings. The molecule has 2 aromatic carbocycles. The van der Waals surface area contributed by atoms with Gasteiger partial charge in [-0.25, -0.2) is 4.99 Å². The van der Waals surface area contributed by atoms with Crippen molar-refractivity contribution in [2.45, 2.75) is 39.8 Å². The molecule has 33 heavy (non-hydrogen) atoms. The molecule has 7 heteroatoms. The minimum Gasteiger partial charge on any atom is -0.435 e. The Morgan fingerprint density at radius 1 is 1.06 bits per heavy atom. The van der Waals surface area contributed by atoms with Crippen LogP contribution in [0.4, 0.5) is 8.78 Å². The number of ether oxygens (including phenoxy) is 1. The third-order valence-corrected chi connectivity index (χ3v) is 5.31. The van der Waals surface area contributed by atoms with Crippen LogP contribution < -0.4 is 10.5 Å². The predicted octanol–water partition coefficient (Wildman–Crippen LogP) is 5.50. The Morgan fingerprint density at radius 2 is 1.76 bits per heavy atom. The average molecular weight is 452 g/mol. The average Bonchev–Trinajstić information content (AvgIpc) is 2.78. The van der Waals surface area contributed by atoms with E-state index in [4.69, 9.17) is 5.73 Å². The standard InChI is InChI=1S/C26H27F2N3O2/c1-16(2)24(32)26(31-18(4)29,22-10-11-23(17(3)13-22)33-25(27)28)21-9-5-7-19(14-21)20-8-6-12-30-15-20/h5-16,25H,1-4H3,(H2,29,31). The van der Waals surface area contributed by atoms with Crippen LogP contribution in [-0.4, -0.2) is 23.2 Å². The molecule has 172 valence electrons. The molecular formula is C26H27F2N3O2. The second-order valence-corrected chi connectivity index (χ2v) is 8.16. The summed E-state index contributed by atoms with van der Waals surface area (Å²) in [6.07, 6.45) is 3.43. The zero-order valence-electron chi connectivity index (χ0n) is 19.0. The third-order valence-electron chi connectivity index (χ3n) is 5.31. The fourth-order valence-corrected chi connectivity index (χ4v) is 3.88. The zero-order chi connectivity index (χ0) is 24.2. The van der Waals surface area contributed by atoms with Crippen molar-refractivity contribution in [2.75, 3.05) is 0 Å². The van der Waals surface area contributed by atoms with Crippen molar-refractivity contribution >= 4 is 11.6 Å². The summed E-state index contributed by atoms with van der Waals surface area (Å²) in [6.45, 7) is 3.91. The van der Waals surface area contributed by atoms with Crippen LogP contribution in [0.25, 0.3) is 11.1 Å². The number of benzene rings is 2. The number of Topliss-reactive ketones (excluding diaryl/α,β-unsaturated/α-hetero) is 1. The Labute approximate surface area is 192 Å². The Kier molecular flexibility index (Phi) is 7.21. The van der Waals surface area contributed by atoms with Crippen molar-refractivity contribution < 1.29 is 18.3 Å². The van der Waals surface area contributed by atoms with E-state index in [2.05, 4.69) is 14.7 Å². The molecule has 0 fully saturated rings. The lowest BCUT2D eigenvalue weighted by Crippen LogP contribution is -2.40. The summed E-state index contributed by atoms with van der Waals surface area (Å²) in [5.41, 5.74) is 7.93. The maximum absolute atomic E-state index is 13.8. The van der Waals surface area contributed by atoms with Gasteiger partial charge in [-0.2, -0.15) is 8.78 Å². The summed E-state index contributed by atoms with van der Waals surface area (Å²) in [6, 6.07) is 15.9. The first-order chi connectivity index (χ1) is 15.6. The number of carbonyl (C=O) groups is 1. The number of nitrogens with two attached hydrogens (primary N) is 1. The zero-order valence-corrected chi connectivity index (χ0v) is 19.0. The number of hydrogen-bond acceptors (Lipinski definition) is 4. The molecular weight excluding hydrogens is 424 g/mol. The largest absolute Gasteiger partial charge is 0.435 e. The van der Waals surface area contributed by atoms with Crippen molar-refractivity contribution in [3.8, 4) is 16.9 Å². The quantitative estimate of drug-likeness (QED) is 0.362. The highest BCUT2D eigenvalue weighted by Crippen LogP contribution is 2.40. The molecule has 0 saturated heterocycles. The van der Waals surface area contributed by atoms with E-state index in [0.29, 0.717) is 16.7 Å². The van der Waals surface area contributed by atoms with Crippen molar-refractivity contribution in [3.05, 3.63) is 83.7 Å². The van der Waals surface area contributed by atoms with Crippen molar-refractivity contribution in [1.29, 1.82) is 0 Å². The lowest BCUT2D eigenvalue weighted by atomic mass is 9.75. The summed E-state index contributed by atoms with van der Waals surface area (Å²) in [5.74, 6) is -0.288. The molecule has 0 radical (unpaired) electrons. The van der Waals surface area contributed by atoms with E-state index in [1.54, 1.807) is 52.2 Å². The maximum Gasteiger partial charge on any atom is 0.387 e. The van der Waals surface area contributed by atoms with Crippen LogP contribution in [-0.2, 0) is 10.3 Å². The molecule has 1 aromatic heterocycles. The summed E-state index contributed by atoms with van der Waals surface area (Å²) in [4.78, 5) is 22.7. The number of hydrogen-bond donors (Lipinski definition) is 1. The number of halogens is 2. The first-order valence-electron chi connectivity index (χ1n) is 10.6. The Morgan fingerprint density at radius 3 is 2.33 bits per heavy atom. The van der Waals surface area contributed by atoms with Gasteiger partial charge in [-0.1, -0.05) is 44.2 Å². The number of aliphatic imine (C=N–C) groups is 1. The molecule has 0 saturated carbocycles. The number of aromatic nitrogens is 1. The normalized spacial score (nSPS) is 13.8. The highest BCUT2D eigenvalue weighted by Gasteiger charge is 2.43. The van der Waals surface area contributed by atoms with Gasteiger partial charge < -0.3 is 10.5 Å². The molecule has 2 N–H and O–H groups in total. The number of alkyl halides is 2. The Balaban J connectivity index is 2.30. The molecule has 1 unspecified atom stereocenters. The number of pyridine rings is 1. The van der Waals surface area contributed by atoms with Crippen LogP contribution in [0.2, 0.25) is 0 Å². The fraction of sp³-hybridized carbons (Fsp3) is 0.269. The van der Waals surface area contributed by atoms with Crippen LogP contribution >= 0.6 is 0 Å². The summed E-state index contributed by atoms with van der Waals surface area (Å²) < 4.78 is 30.2. The van der Waals surface area contributed by atoms with E-state index in [9.17, 15) is 13.6 Å². The van der Waals surface area contributed by atoms with Gasteiger partial charge in [0.2, 0.25) is 0 Å². The van der Waals surface area contributed by atoms with Crippen LogP contribution in [0.5, 0.6) is 5.75 Å². The van der Waals surface area contributed by atoms with Gasteiger partial charge in [0.15, 0.2) is 11.3 Å². The van der Waals surface area contributed by atoms with Crippen LogP contribution in [0.1, 0.15) is 37.5 Å². The highest BCUT2D eigenvalue weighted by molar-refractivity contribution is 5.97. The fourth-order valence-electron chi connectivity index (χ4n) is 3.88. The van der Waals surface area contributed by atoms with E-state index in [0.717, 1.165) is 11.1 Å². The van der Waals surface area contributed by atoms with Crippen LogP contribution in [0.3, 0.4) is 0 Å². The lowest BCUT2D eigenvalue weighted by Gasteiger charge is -2.32. The molecule has 0 aliphatic heterocycles. The number of amidine groups is 1. The molecule has 1 heterocycles. The maximum atomic E-state index is 13.8. The summed E-state index contributed by atoms with van der Waals surface area (Å²) in [5, 5.41) is 0. The highest BCUT2D eigenvalue weighted by atomic mass is 19.3. The number of rotatable bonds is 8. The third kappa shape index (κ3) is 5.08. The number of ketones is 1. The van der Waals surface area contributed by atoms with Gasteiger partial charge in [-0.15, -0.1) is 0 Å². The SMILES string of the molecule is C/C(N)=N\C(C(=O)C(C)C)(c1cccc(-c2cccnc2)c1)c1ccc(OC(F)F)c(C)c1. The summed E-state index contributed by atoms with van der Waals surface area (Å²) >= 11 is 0. The van der Waals surface area contributed by atoms with Crippen molar-refractivity contribution in [3.63, 3.8) is 0 Å². The predicted molar refractivity (Wildman–Crippen MR) is 125 cm³/mol. The second kappa shape index (κ2) is 9.90. The van der Waals surface area contributed by atoms with Gasteiger partial charge in [0, 0.05) is 18.3 Å². The topological polar surface area (TPSA) is 77.6 Å². The Hall–Kier alpha value is -3.61. The second-order valence-electron chi connectivity index (χ2n) is 8.16. The van der Waals surface area contributed by atoms with Gasteiger partial charge in [-0.3, -0.25) is 9.78 Å². The lowest BCUT2D eigenvalue weighted by molar-refractivity contribution is -0.126. The molecule has 3 rings (SSSR count). The van der Waals surface area contributed by atoms with Gasteiger partial charge >= 0.3 is 6.61 Å². The first-order valence-corrected chi connectivity index (χ1v) is 10.6. The van der Waals surface area contributed by atoms with E-state index < -0.39 is 12.2 Å². The number of carbonyl (C=O) groups excluding carboxylic acids is 1. The Bertz CT molecular complexity index is 1160. The van der Waals surface area contributed by atoms with Gasteiger partial charge in [0.05, 0.1) is 5.84 Å². The molecule has 5 nitrogen and oxygen atoms in total. The van der Waals surface area contributed by atoms with Gasteiger partial charge in [-0.05, 0) is 65.9 Å². The monoisotopic (exact) mass is 451 g/mol. The molecule has 0 aliphatic rings. The molecule has 0 aliphatic carbocycles. The van der Waals surface area contributed by atoms with E-state index in [1.807, 2.05) is 36.4 Å². The van der Waals surface area contributed by atoms with Gasteiger partial charge in [0.25, 0.3) is 0 Å². The van der Waals surface area contributed by atoms with Crippen LogP contribution in [0, 0.1) is 12.8 Å². The van der Waals surface area contributed by atoms with Gasteiger partial charge in [0.1, 0.15) is 5.75 Å². The van der Waals surface area contributed by atoms with E-state index >= 15 is 0 Å². The number of aryl methyl sites for hydroxylation is 1. The van der Waals surface area contributed by atoms with Crippen molar-refractivity contribution in [2.24, 2.45) is 16.6 Å². The molecule has 0 amide bonds. The first kappa shape index (κ1) is 24.0. The van der Waals surface area contributed by atoms with E-state index in [-0.39, 0.29) is 23.3 Å². The molecule has 0 bridgehead atoms. The minimum absolute atomic E-state index is 0.0391. The number of nitrogens with zero attached hydrogens (tertiary/aromatic N) is 2. The van der Waals surface area contributed by atoms with E-state index in [1.165, 1.54) is 6.07 Å². The van der Waals surface area contributed by atoms with Crippen LogP contribution in [0.15, 0.2) is 72.0 Å². The minimum atomic E-state index is -2.95. The summed E-state index contributed by atoms with van der Waals surface area (Å²) in [7, 11) is 0. The smallest absolute Gasteiger partial charge is 0.387 e.